The summed E-state index contributed by atoms with van der Waals surface area (Å²) in [5, 5.41) is 12.9. The minimum absolute atomic E-state index is 0.105. The summed E-state index contributed by atoms with van der Waals surface area (Å²) < 4.78 is 10.0. The van der Waals surface area contributed by atoms with Crippen molar-refractivity contribution in [2.45, 2.75) is 39.7 Å². The number of rotatable bonds is 7. The Hall–Kier alpha value is -1.60. The number of carbonyl (C=O) groups is 2. The van der Waals surface area contributed by atoms with Crippen LogP contribution in [-0.4, -0.2) is 43.3 Å². The maximum atomic E-state index is 12.2. The van der Waals surface area contributed by atoms with Gasteiger partial charge in [-0.15, -0.1) is 11.3 Å². The average molecular weight is 329 g/mol. The SMILES string of the molecule is COCCNC(=O)c1sc(C(=O)OC(C)C)c(C(C)C)c1O. The lowest BCUT2D eigenvalue weighted by Crippen LogP contribution is -2.26. The van der Waals surface area contributed by atoms with Crippen LogP contribution < -0.4 is 5.32 Å². The lowest BCUT2D eigenvalue weighted by molar-refractivity contribution is 0.0381. The number of methoxy groups -OCH3 is 1. The third-order valence-electron chi connectivity index (χ3n) is 2.82. The molecular formula is C15H23NO5S. The van der Waals surface area contributed by atoms with Crippen LogP contribution in [0.3, 0.4) is 0 Å². The first kappa shape index (κ1) is 18.4. The van der Waals surface area contributed by atoms with Gasteiger partial charge in [0, 0.05) is 19.2 Å². The molecule has 0 aliphatic carbocycles. The van der Waals surface area contributed by atoms with Gasteiger partial charge in [-0.25, -0.2) is 4.79 Å². The topological polar surface area (TPSA) is 84.9 Å². The van der Waals surface area contributed by atoms with E-state index >= 15 is 0 Å². The van der Waals surface area contributed by atoms with Crippen molar-refractivity contribution in [3.8, 4) is 5.75 Å². The minimum atomic E-state index is -0.519. The summed E-state index contributed by atoms with van der Waals surface area (Å²) in [6.45, 7) is 7.89. The van der Waals surface area contributed by atoms with Crippen LogP contribution in [0.5, 0.6) is 5.75 Å². The van der Waals surface area contributed by atoms with Crippen molar-refractivity contribution in [2.75, 3.05) is 20.3 Å². The zero-order valence-electron chi connectivity index (χ0n) is 13.6. The molecule has 0 aromatic carbocycles. The van der Waals surface area contributed by atoms with Crippen LogP contribution >= 0.6 is 11.3 Å². The predicted octanol–water partition coefficient (Wildman–Crippen LogP) is 2.52. The van der Waals surface area contributed by atoms with E-state index in [1.165, 1.54) is 7.11 Å². The van der Waals surface area contributed by atoms with Crippen LogP contribution in [0, 0.1) is 0 Å². The number of nitrogens with one attached hydrogen (secondary N) is 1. The highest BCUT2D eigenvalue weighted by Gasteiger charge is 2.28. The second-order valence-electron chi connectivity index (χ2n) is 5.38. The molecular weight excluding hydrogens is 306 g/mol. The Balaban J connectivity index is 3.10. The Labute approximate surface area is 134 Å². The molecule has 0 aliphatic heterocycles. The van der Waals surface area contributed by atoms with E-state index in [9.17, 15) is 14.7 Å². The molecule has 0 aliphatic rings. The molecule has 1 aromatic heterocycles. The smallest absolute Gasteiger partial charge is 0.349 e. The summed E-state index contributed by atoms with van der Waals surface area (Å²) in [6, 6.07) is 0. The second kappa shape index (κ2) is 8.14. The molecule has 0 saturated carbocycles. The number of esters is 1. The highest BCUT2D eigenvalue weighted by Crippen LogP contribution is 2.39. The quantitative estimate of drug-likeness (QED) is 0.593. The number of carbonyl (C=O) groups excluding carboxylic acids is 2. The molecule has 1 heterocycles. The van der Waals surface area contributed by atoms with Crippen LogP contribution in [0.15, 0.2) is 0 Å². The molecule has 124 valence electrons. The van der Waals surface area contributed by atoms with Crippen molar-refractivity contribution < 1.29 is 24.2 Å². The number of hydrogen-bond acceptors (Lipinski definition) is 6. The minimum Gasteiger partial charge on any atom is -0.506 e. The fraction of sp³-hybridized carbons (Fsp3) is 0.600. The fourth-order valence-corrected chi connectivity index (χ4v) is 3.04. The van der Waals surface area contributed by atoms with Crippen molar-refractivity contribution >= 4 is 23.2 Å². The van der Waals surface area contributed by atoms with Gasteiger partial charge in [0.2, 0.25) is 0 Å². The van der Waals surface area contributed by atoms with Gasteiger partial charge in [0.05, 0.1) is 12.7 Å². The summed E-state index contributed by atoms with van der Waals surface area (Å²) in [5.74, 6) is -1.20. The van der Waals surface area contributed by atoms with Gasteiger partial charge in [-0.3, -0.25) is 4.79 Å². The second-order valence-corrected chi connectivity index (χ2v) is 6.40. The summed E-state index contributed by atoms with van der Waals surface area (Å²) in [7, 11) is 1.53. The standard InChI is InChI=1S/C15H23NO5S/c1-8(2)10-11(17)13(14(18)16-6-7-20-5)22-12(10)15(19)21-9(3)4/h8-9,17H,6-7H2,1-5H3,(H,16,18). The van der Waals surface area contributed by atoms with Gasteiger partial charge in [-0.2, -0.15) is 0 Å². The predicted molar refractivity (Wildman–Crippen MR) is 84.8 cm³/mol. The molecule has 0 saturated heterocycles. The molecule has 1 amide bonds. The largest absolute Gasteiger partial charge is 0.506 e. The van der Waals surface area contributed by atoms with Crippen molar-refractivity contribution in [1.29, 1.82) is 0 Å². The summed E-state index contributed by atoms with van der Waals surface area (Å²) in [6.07, 6.45) is -0.268. The molecule has 0 bridgehead atoms. The molecule has 2 N–H and O–H groups in total. The van der Waals surface area contributed by atoms with Crippen molar-refractivity contribution in [3.63, 3.8) is 0 Å². The Morgan fingerprint density at radius 1 is 1.23 bits per heavy atom. The maximum Gasteiger partial charge on any atom is 0.349 e. The molecule has 0 radical (unpaired) electrons. The van der Waals surface area contributed by atoms with Gasteiger partial charge in [0.15, 0.2) is 0 Å². The van der Waals surface area contributed by atoms with Crippen LogP contribution in [0.4, 0.5) is 0 Å². The molecule has 6 nitrogen and oxygen atoms in total. The molecule has 0 unspecified atom stereocenters. The molecule has 7 heteroatoms. The van der Waals surface area contributed by atoms with Crippen LogP contribution in [-0.2, 0) is 9.47 Å². The first-order valence-corrected chi connectivity index (χ1v) is 7.94. The van der Waals surface area contributed by atoms with Crippen molar-refractivity contribution in [3.05, 3.63) is 15.3 Å². The average Bonchev–Trinajstić information content (AvgIpc) is 2.76. The lowest BCUT2D eigenvalue weighted by Gasteiger charge is -2.10. The van der Waals surface area contributed by atoms with Crippen molar-refractivity contribution in [1.82, 2.24) is 5.32 Å². The van der Waals surface area contributed by atoms with E-state index in [0.717, 1.165) is 11.3 Å². The third-order valence-corrected chi connectivity index (χ3v) is 4.00. The number of hydrogen-bond donors (Lipinski definition) is 2. The van der Waals surface area contributed by atoms with E-state index in [0.29, 0.717) is 18.7 Å². The van der Waals surface area contributed by atoms with E-state index in [1.54, 1.807) is 13.8 Å². The van der Waals surface area contributed by atoms with Crippen LogP contribution in [0.25, 0.3) is 0 Å². The maximum absolute atomic E-state index is 12.2. The zero-order chi connectivity index (χ0) is 16.9. The Kier molecular flexibility index (Phi) is 6.83. The van der Waals surface area contributed by atoms with Gasteiger partial charge in [0.1, 0.15) is 15.5 Å². The fourth-order valence-electron chi connectivity index (χ4n) is 1.89. The van der Waals surface area contributed by atoms with E-state index in [2.05, 4.69) is 5.32 Å². The molecule has 0 atom stereocenters. The van der Waals surface area contributed by atoms with E-state index < -0.39 is 11.9 Å². The Morgan fingerprint density at radius 2 is 1.86 bits per heavy atom. The van der Waals surface area contributed by atoms with Gasteiger partial charge in [-0.1, -0.05) is 13.8 Å². The summed E-state index contributed by atoms with van der Waals surface area (Å²) in [5.41, 5.74) is 0.451. The number of ether oxygens (including phenoxy) is 2. The summed E-state index contributed by atoms with van der Waals surface area (Å²) >= 11 is 0.953. The van der Waals surface area contributed by atoms with E-state index in [4.69, 9.17) is 9.47 Å². The third kappa shape index (κ3) is 4.45. The molecule has 22 heavy (non-hydrogen) atoms. The van der Waals surface area contributed by atoms with Gasteiger partial charge in [0.25, 0.3) is 5.91 Å². The zero-order valence-corrected chi connectivity index (χ0v) is 14.4. The van der Waals surface area contributed by atoms with E-state index in [1.807, 2.05) is 13.8 Å². The van der Waals surface area contributed by atoms with Crippen LogP contribution in [0.2, 0.25) is 0 Å². The van der Waals surface area contributed by atoms with Crippen LogP contribution in [0.1, 0.15) is 58.5 Å². The highest BCUT2D eigenvalue weighted by atomic mass is 32.1. The first-order valence-electron chi connectivity index (χ1n) is 7.13. The normalized spacial score (nSPS) is 11.0. The van der Waals surface area contributed by atoms with Gasteiger partial charge < -0.3 is 19.9 Å². The monoisotopic (exact) mass is 329 g/mol. The molecule has 1 aromatic rings. The number of aromatic hydroxyl groups is 1. The highest BCUT2D eigenvalue weighted by molar-refractivity contribution is 7.16. The molecule has 0 fully saturated rings. The lowest BCUT2D eigenvalue weighted by atomic mass is 10.0. The van der Waals surface area contributed by atoms with Gasteiger partial charge in [-0.05, 0) is 19.8 Å². The summed E-state index contributed by atoms with van der Waals surface area (Å²) in [4.78, 5) is 24.7. The van der Waals surface area contributed by atoms with E-state index in [-0.39, 0.29) is 27.5 Å². The Morgan fingerprint density at radius 3 is 2.36 bits per heavy atom. The number of amides is 1. The number of thiophene rings is 1. The molecule has 0 spiro atoms. The van der Waals surface area contributed by atoms with Gasteiger partial charge >= 0.3 is 5.97 Å². The first-order chi connectivity index (χ1) is 10.3. The Bertz CT molecular complexity index is 536. The van der Waals surface area contributed by atoms with Crippen molar-refractivity contribution in [2.24, 2.45) is 0 Å². The molecule has 1 rings (SSSR count).